The van der Waals surface area contributed by atoms with Gasteiger partial charge < -0.3 is 15.2 Å². The average Bonchev–Trinajstić information content (AvgIpc) is 2.52. The fourth-order valence-electron chi connectivity index (χ4n) is 1.98. The zero-order chi connectivity index (χ0) is 15.1. The monoisotopic (exact) mass is 280 g/mol. The first-order valence-corrected chi connectivity index (χ1v) is 6.46. The molecule has 4 heteroatoms. The highest BCUT2D eigenvalue weighted by molar-refractivity contribution is 5.93. The van der Waals surface area contributed by atoms with Crippen LogP contribution in [-0.4, -0.2) is 11.9 Å². The number of benzene rings is 2. The Hall–Kier alpha value is -2.88. The average molecular weight is 280 g/mol. The van der Waals surface area contributed by atoms with Crippen LogP contribution < -0.4 is 10.4 Å². The molecule has 0 fully saturated rings. The van der Waals surface area contributed by atoms with Gasteiger partial charge in [-0.3, -0.25) is 4.79 Å². The maximum atomic E-state index is 11.8. The fraction of sp³-hybridized carbons (Fsp3) is 0.0588. The Labute approximate surface area is 122 Å². The minimum atomic E-state index is -1.40. The van der Waals surface area contributed by atoms with Gasteiger partial charge in [0.25, 0.3) is 0 Å². The Balaban J connectivity index is 2.25. The molecule has 1 N–H and O–H groups in total. The van der Waals surface area contributed by atoms with Crippen LogP contribution >= 0.6 is 0 Å². The summed E-state index contributed by atoms with van der Waals surface area (Å²) in [6, 6.07) is 18.6. The van der Waals surface area contributed by atoms with Gasteiger partial charge in [0, 0.05) is 6.08 Å². The summed E-state index contributed by atoms with van der Waals surface area (Å²) in [6.07, 6.45) is 1.66. The Morgan fingerprint density at radius 2 is 1.33 bits per heavy atom. The molecule has 2 rings (SSSR count). The number of hydrogen-bond acceptors (Lipinski definition) is 3. The molecule has 0 bridgehead atoms. The van der Waals surface area contributed by atoms with Crippen molar-refractivity contribution in [3.63, 3.8) is 0 Å². The first kappa shape index (κ1) is 14.5. The van der Waals surface area contributed by atoms with Crippen molar-refractivity contribution in [3.8, 4) is 0 Å². The summed E-state index contributed by atoms with van der Waals surface area (Å²) in [4.78, 5) is 22.2. The predicted molar refractivity (Wildman–Crippen MR) is 77.0 cm³/mol. The van der Waals surface area contributed by atoms with Gasteiger partial charge in [-0.25, -0.2) is 0 Å². The molecule has 0 heterocycles. The SMILES string of the molecule is O=C([O-])C=CC(=O)NC(c1ccccc1)c1ccccc1. The summed E-state index contributed by atoms with van der Waals surface area (Å²) < 4.78 is 0. The van der Waals surface area contributed by atoms with Gasteiger partial charge >= 0.3 is 0 Å². The summed E-state index contributed by atoms with van der Waals surface area (Å²) in [7, 11) is 0. The smallest absolute Gasteiger partial charge is 0.244 e. The van der Waals surface area contributed by atoms with E-state index in [0.717, 1.165) is 17.2 Å². The Kier molecular flexibility index (Phi) is 4.88. The molecule has 21 heavy (non-hydrogen) atoms. The fourth-order valence-corrected chi connectivity index (χ4v) is 1.98. The van der Waals surface area contributed by atoms with E-state index in [-0.39, 0.29) is 6.04 Å². The minimum absolute atomic E-state index is 0.341. The van der Waals surface area contributed by atoms with Gasteiger partial charge in [0.05, 0.1) is 12.0 Å². The molecule has 2 aromatic carbocycles. The highest BCUT2D eigenvalue weighted by Gasteiger charge is 2.14. The molecule has 0 atom stereocenters. The van der Waals surface area contributed by atoms with Gasteiger partial charge in [-0.1, -0.05) is 60.7 Å². The van der Waals surface area contributed by atoms with Crippen LogP contribution in [0, 0.1) is 0 Å². The zero-order valence-corrected chi connectivity index (χ0v) is 11.2. The molecule has 0 saturated carbocycles. The van der Waals surface area contributed by atoms with Crippen LogP contribution in [0.2, 0.25) is 0 Å². The molecule has 0 aliphatic rings. The number of carboxylic acid groups (broad SMARTS) is 1. The summed E-state index contributed by atoms with van der Waals surface area (Å²) in [5.74, 6) is -1.89. The highest BCUT2D eigenvalue weighted by Crippen LogP contribution is 2.21. The van der Waals surface area contributed by atoms with Gasteiger partial charge in [-0.05, 0) is 17.2 Å². The van der Waals surface area contributed by atoms with Gasteiger partial charge in [0.15, 0.2) is 0 Å². The normalized spacial score (nSPS) is 10.7. The molecular formula is C17H14NO3-. The lowest BCUT2D eigenvalue weighted by Gasteiger charge is -2.19. The standard InChI is InChI=1S/C17H15NO3/c19-15(11-12-16(20)21)18-17(13-7-3-1-4-8-13)14-9-5-2-6-10-14/h1-12,17H,(H,18,19)(H,20,21)/p-1. The lowest BCUT2D eigenvalue weighted by molar-refractivity contribution is -0.297. The van der Waals surface area contributed by atoms with Crippen molar-refractivity contribution in [1.82, 2.24) is 5.32 Å². The van der Waals surface area contributed by atoms with Crippen molar-refractivity contribution in [2.75, 3.05) is 0 Å². The maximum Gasteiger partial charge on any atom is 0.244 e. The van der Waals surface area contributed by atoms with Gasteiger partial charge in [0.2, 0.25) is 5.91 Å². The third kappa shape index (κ3) is 4.31. The van der Waals surface area contributed by atoms with E-state index in [2.05, 4.69) is 5.32 Å². The maximum absolute atomic E-state index is 11.8. The molecule has 0 unspecified atom stereocenters. The van der Waals surface area contributed by atoms with Crippen molar-refractivity contribution in [2.24, 2.45) is 0 Å². The van der Waals surface area contributed by atoms with E-state index in [4.69, 9.17) is 0 Å². The molecular weight excluding hydrogens is 266 g/mol. The molecule has 0 saturated heterocycles. The summed E-state index contributed by atoms with van der Waals surface area (Å²) in [6.45, 7) is 0. The number of aliphatic carboxylic acids is 1. The Morgan fingerprint density at radius 3 is 1.76 bits per heavy atom. The predicted octanol–water partition coefficient (Wildman–Crippen LogP) is 1.20. The van der Waals surface area contributed by atoms with Crippen LogP contribution in [0.3, 0.4) is 0 Å². The molecule has 106 valence electrons. The van der Waals surface area contributed by atoms with Crippen molar-refractivity contribution < 1.29 is 14.7 Å². The molecule has 0 aliphatic heterocycles. The van der Waals surface area contributed by atoms with E-state index in [9.17, 15) is 14.7 Å². The second kappa shape index (κ2) is 7.05. The molecule has 0 aliphatic carbocycles. The lowest BCUT2D eigenvalue weighted by atomic mass is 9.99. The van der Waals surface area contributed by atoms with E-state index in [1.807, 2.05) is 60.7 Å². The number of amides is 1. The van der Waals surface area contributed by atoms with E-state index in [0.29, 0.717) is 6.08 Å². The van der Waals surface area contributed by atoms with E-state index in [1.165, 1.54) is 0 Å². The number of carbonyl (C=O) groups is 2. The van der Waals surface area contributed by atoms with Gasteiger partial charge in [-0.15, -0.1) is 0 Å². The van der Waals surface area contributed by atoms with E-state index in [1.54, 1.807) is 0 Å². The number of rotatable bonds is 5. The van der Waals surface area contributed by atoms with Crippen LogP contribution in [0.4, 0.5) is 0 Å². The zero-order valence-electron chi connectivity index (χ0n) is 11.2. The van der Waals surface area contributed by atoms with Crippen LogP contribution in [0.25, 0.3) is 0 Å². The third-order valence-electron chi connectivity index (χ3n) is 2.92. The Bertz CT molecular complexity index is 596. The lowest BCUT2D eigenvalue weighted by Crippen LogP contribution is -2.28. The molecule has 1 amide bonds. The second-order valence-corrected chi connectivity index (χ2v) is 4.42. The molecule has 4 nitrogen and oxygen atoms in total. The number of carboxylic acids is 1. The third-order valence-corrected chi connectivity index (χ3v) is 2.92. The summed E-state index contributed by atoms with van der Waals surface area (Å²) >= 11 is 0. The summed E-state index contributed by atoms with van der Waals surface area (Å²) in [5, 5.41) is 13.1. The number of nitrogens with one attached hydrogen (secondary N) is 1. The first-order valence-electron chi connectivity index (χ1n) is 6.46. The van der Waals surface area contributed by atoms with Crippen LogP contribution in [-0.2, 0) is 9.59 Å². The minimum Gasteiger partial charge on any atom is -0.545 e. The van der Waals surface area contributed by atoms with Gasteiger partial charge in [-0.2, -0.15) is 0 Å². The van der Waals surface area contributed by atoms with Gasteiger partial charge in [0.1, 0.15) is 0 Å². The second-order valence-electron chi connectivity index (χ2n) is 4.42. The summed E-state index contributed by atoms with van der Waals surface area (Å²) in [5.41, 5.74) is 1.83. The highest BCUT2D eigenvalue weighted by atomic mass is 16.4. The molecule has 0 spiro atoms. The molecule has 0 radical (unpaired) electrons. The van der Waals surface area contributed by atoms with Crippen molar-refractivity contribution in [3.05, 3.63) is 83.9 Å². The van der Waals surface area contributed by atoms with Crippen molar-refractivity contribution >= 4 is 11.9 Å². The molecule has 2 aromatic rings. The van der Waals surface area contributed by atoms with E-state index < -0.39 is 11.9 Å². The topological polar surface area (TPSA) is 69.2 Å². The number of carbonyl (C=O) groups excluding carboxylic acids is 2. The Morgan fingerprint density at radius 1 is 0.857 bits per heavy atom. The number of hydrogen-bond donors (Lipinski definition) is 1. The quantitative estimate of drug-likeness (QED) is 0.837. The van der Waals surface area contributed by atoms with E-state index >= 15 is 0 Å². The van der Waals surface area contributed by atoms with Crippen LogP contribution in [0.5, 0.6) is 0 Å². The first-order chi connectivity index (χ1) is 10.2. The molecule has 0 aromatic heterocycles. The van der Waals surface area contributed by atoms with Crippen molar-refractivity contribution in [2.45, 2.75) is 6.04 Å². The largest absolute Gasteiger partial charge is 0.545 e. The van der Waals surface area contributed by atoms with Crippen molar-refractivity contribution in [1.29, 1.82) is 0 Å². The van der Waals surface area contributed by atoms with Crippen LogP contribution in [0.15, 0.2) is 72.8 Å². The van der Waals surface area contributed by atoms with Crippen LogP contribution in [0.1, 0.15) is 17.2 Å².